The monoisotopic (exact) mass is 957 g/mol. The van der Waals surface area contributed by atoms with E-state index in [1.54, 1.807) is 0 Å². The van der Waals surface area contributed by atoms with E-state index in [1.165, 1.54) is 122 Å². The van der Waals surface area contributed by atoms with Crippen LogP contribution in [0.3, 0.4) is 0 Å². The first-order valence-corrected chi connectivity index (χ1v) is 28.0. The van der Waals surface area contributed by atoms with Gasteiger partial charge in [0, 0.05) is 12.8 Å². The molecule has 2 atom stereocenters. The van der Waals surface area contributed by atoms with Gasteiger partial charge in [-0.1, -0.05) is 229 Å². The number of ether oxygens (including phenoxy) is 4. The largest absolute Gasteiger partial charge is 0.477 e. The van der Waals surface area contributed by atoms with Crippen molar-refractivity contribution >= 4 is 17.9 Å². The van der Waals surface area contributed by atoms with Crippen LogP contribution in [-0.4, -0.2) is 87.4 Å². The van der Waals surface area contributed by atoms with Gasteiger partial charge >= 0.3 is 17.9 Å². The van der Waals surface area contributed by atoms with Gasteiger partial charge in [-0.3, -0.25) is 9.59 Å². The standard InChI is InChI=1S/C59H105NO8/c1-6-8-10-12-14-16-18-20-22-24-26-28-30-31-33-35-37-39-41-43-45-47-49-56(61)66-53-55(54-67-59(58(63)64)65-52-51-60(3,4)5)68-57(62)50-48-46-44-42-40-38-36-34-32-29-27-25-23-21-19-17-15-13-11-9-7-2/h9,11,15,17,21,23,27,29,34,36,55,59H,6-8,10,12-14,16,18-20,22,24-26,28,30-33,35,37-54H2,1-5H3/p+1/b11-9-,17-15-,23-21-,29-27-,36-34-. The molecule has 9 heteroatoms. The highest BCUT2D eigenvalue weighted by atomic mass is 16.7. The third-order valence-electron chi connectivity index (χ3n) is 12.0. The summed E-state index contributed by atoms with van der Waals surface area (Å²) in [5.74, 6) is -2.02. The predicted octanol–water partition coefficient (Wildman–Crippen LogP) is 16.1. The van der Waals surface area contributed by atoms with Crippen LogP contribution in [0.1, 0.15) is 239 Å². The van der Waals surface area contributed by atoms with Crippen LogP contribution in [0.2, 0.25) is 0 Å². The lowest BCUT2D eigenvalue weighted by Gasteiger charge is -2.25. The molecule has 0 radical (unpaired) electrons. The maximum atomic E-state index is 12.8. The first-order valence-electron chi connectivity index (χ1n) is 28.0. The molecule has 0 bridgehead atoms. The summed E-state index contributed by atoms with van der Waals surface area (Å²) in [5.41, 5.74) is 0. The second kappa shape index (κ2) is 50.4. The van der Waals surface area contributed by atoms with Crippen LogP contribution in [0.5, 0.6) is 0 Å². The molecule has 394 valence electrons. The van der Waals surface area contributed by atoms with E-state index in [0.717, 1.165) is 83.5 Å². The van der Waals surface area contributed by atoms with Crippen LogP contribution < -0.4 is 0 Å². The SMILES string of the molecule is CC/C=C\C/C=C\C/C=C\C/C=C\C/C=C\CCCCCCCC(=O)OC(COC(=O)CCCCCCCCCCCCCCCCCCCCCCCC)COC(OCC[N+](C)(C)C)C(=O)O. The second-order valence-electron chi connectivity index (χ2n) is 19.9. The molecule has 0 saturated carbocycles. The van der Waals surface area contributed by atoms with Crippen LogP contribution in [0, 0.1) is 0 Å². The molecule has 0 aliphatic carbocycles. The molecule has 0 aliphatic heterocycles. The molecule has 0 aromatic carbocycles. The number of carbonyl (C=O) groups excluding carboxylic acids is 2. The van der Waals surface area contributed by atoms with Gasteiger partial charge < -0.3 is 28.5 Å². The number of likely N-dealkylation sites (N-methyl/N-ethyl adjacent to an activating group) is 1. The Balaban J connectivity index is 4.30. The topological polar surface area (TPSA) is 108 Å². The molecule has 2 unspecified atom stereocenters. The summed E-state index contributed by atoms with van der Waals surface area (Å²) in [6.07, 6.45) is 60.1. The Morgan fingerprint density at radius 1 is 0.456 bits per heavy atom. The molecule has 0 heterocycles. The summed E-state index contributed by atoms with van der Waals surface area (Å²) >= 11 is 0. The van der Waals surface area contributed by atoms with Gasteiger partial charge in [-0.05, 0) is 57.8 Å². The van der Waals surface area contributed by atoms with Crippen molar-refractivity contribution in [2.24, 2.45) is 0 Å². The van der Waals surface area contributed by atoms with Crippen LogP contribution >= 0.6 is 0 Å². The minimum Gasteiger partial charge on any atom is -0.477 e. The molecule has 0 saturated heterocycles. The van der Waals surface area contributed by atoms with Gasteiger partial charge in [0.25, 0.3) is 6.29 Å². The van der Waals surface area contributed by atoms with Gasteiger partial charge in [-0.25, -0.2) is 4.79 Å². The minimum absolute atomic E-state index is 0.182. The van der Waals surface area contributed by atoms with Crippen molar-refractivity contribution < 1.29 is 42.9 Å². The first-order chi connectivity index (χ1) is 33.1. The van der Waals surface area contributed by atoms with E-state index >= 15 is 0 Å². The highest BCUT2D eigenvalue weighted by Crippen LogP contribution is 2.16. The number of unbranched alkanes of at least 4 members (excludes halogenated alkanes) is 26. The van der Waals surface area contributed by atoms with Crippen molar-refractivity contribution in [3.63, 3.8) is 0 Å². The van der Waals surface area contributed by atoms with Gasteiger partial charge in [0.15, 0.2) is 6.10 Å². The molecular formula is C59H106NO8+. The van der Waals surface area contributed by atoms with Gasteiger partial charge in [-0.2, -0.15) is 0 Å². The smallest absolute Gasteiger partial charge is 0.361 e. The molecule has 0 aliphatic rings. The lowest BCUT2D eigenvalue weighted by atomic mass is 10.0. The first kappa shape index (κ1) is 65.0. The summed E-state index contributed by atoms with van der Waals surface area (Å²) in [6.45, 7) is 4.76. The zero-order valence-corrected chi connectivity index (χ0v) is 44.8. The number of esters is 2. The molecule has 9 nitrogen and oxygen atoms in total. The summed E-state index contributed by atoms with van der Waals surface area (Å²) in [6, 6.07) is 0. The minimum atomic E-state index is -1.52. The molecule has 0 fully saturated rings. The summed E-state index contributed by atoms with van der Waals surface area (Å²) in [4.78, 5) is 37.4. The van der Waals surface area contributed by atoms with E-state index in [-0.39, 0.29) is 32.2 Å². The fourth-order valence-corrected chi connectivity index (χ4v) is 7.75. The zero-order valence-electron chi connectivity index (χ0n) is 44.8. The second-order valence-corrected chi connectivity index (χ2v) is 19.9. The quantitative estimate of drug-likeness (QED) is 0.0211. The maximum Gasteiger partial charge on any atom is 0.361 e. The Hall–Kier alpha value is -3.01. The molecule has 0 aromatic rings. The van der Waals surface area contributed by atoms with Crippen LogP contribution in [0.4, 0.5) is 0 Å². The highest BCUT2D eigenvalue weighted by molar-refractivity contribution is 5.71. The Labute approximate surface area is 418 Å². The molecule has 0 amide bonds. The van der Waals surface area contributed by atoms with E-state index in [2.05, 4.69) is 74.6 Å². The maximum absolute atomic E-state index is 12.8. The number of rotatable bonds is 51. The molecule has 0 aromatic heterocycles. The number of hydrogen-bond acceptors (Lipinski definition) is 7. The number of carboxylic acids is 1. The number of nitrogens with zero attached hydrogens (tertiary/aromatic N) is 1. The van der Waals surface area contributed by atoms with Crippen LogP contribution in [0.15, 0.2) is 60.8 Å². The van der Waals surface area contributed by atoms with Gasteiger partial charge in [0.05, 0.1) is 34.4 Å². The van der Waals surface area contributed by atoms with E-state index in [9.17, 15) is 19.5 Å². The number of hydrogen-bond donors (Lipinski definition) is 1. The Morgan fingerprint density at radius 2 is 0.838 bits per heavy atom. The zero-order chi connectivity index (χ0) is 49.9. The molecule has 1 N–H and O–H groups in total. The van der Waals surface area contributed by atoms with E-state index in [1.807, 2.05) is 21.1 Å². The predicted molar refractivity (Wildman–Crippen MR) is 286 cm³/mol. The fourth-order valence-electron chi connectivity index (χ4n) is 7.75. The van der Waals surface area contributed by atoms with Crippen molar-refractivity contribution in [2.75, 3.05) is 47.5 Å². The number of carboxylic acid groups (broad SMARTS) is 1. The highest BCUT2D eigenvalue weighted by Gasteiger charge is 2.25. The van der Waals surface area contributed by atoms with Gasteiger partial charge in [0.1, 0.15) is 13.2 Å². The van der Waals surface area contributed by atoms with Crippen molar-refractivity contribution in [3.8, 4) is 0 Å². The third-order valence-corrected chi connectivity index (χ3v) is 12.0. The van der Waals surface area contributed by atoms with Crippen LogP contribution in [-0.2, 0) is 33.3 Å². The van der Waals surface area contributed by atoms with E-state index in [4.69, 9.17) is 18.9 Å². The molecule has 68 heavy (non-hydrogen) atoms. The Kier molecular flexibility index (Phi) is 48.2. The average molecular weight is 957 g/mol. The number of carbonyl (C=O) groups is 3. The lowest BCUT2D eigenvalue weighted by molar-refractivity contribution is -0.870. The van der Waals surface area contributed by atoms with Gasteiger partial charge in [0.2, 0.25) is 0 Å². The summed E-state index contributed by atoms with van der Waals surface area (Å²) in [7, 11) is 5.96. The van der Waals surface area contributed by atoms with E-state index < -0.39 is 24.3 Å². The van der Waals surface area contributed by atoms with Crippen molar-refractivity contribution in [1.82, 2.24) is 0 Å². The normalized spacial score (nSPS) is 13.2. The fraction of sp³-hybridized carbons (Fsp3) is 0.780. The summed E-state index contributed by atoms with van der Waals surface area (Å²) in [5, 5.41) is 9.69. The molecular weight excluding hydrogens is 851 g/mol. The third kappa shape index (κ3) is 50.9. The molecule has 0 rings (SSSR count). The average Bonchev–Trinajstić information content (AvgIpc) is 3.30. The van der Waals surface area contributed by atoms with Gasteiger partial charge in [-0.15, -0.1) is 0 Å². The number of quaternary nitrogens is 1. The number of aliphatic carboxylic acids is 1. The Bertz CT molecular complexity index is 1300. The lowest BCUT2D eigenvalue weighted by Crippen LogP contribution is -2.40. The van der Waals surface area contributed by atoms with Crippen molar-refractivity contribution in [3.05, 3.63) is 60.8 Å². The molecule has 0 spiro atoms. The van der Waals surface area contributed by atoms with Crippen LogP contribution in [0.25, 0.3) is 0 Å². The summed E-state index contributed by atoms with van der Waals surface area (Å²) < 4.78 is 22.8. The van der Waals surface area contributed by atoms with Crippen molar-refractivity contribution in [1.29, 1.82) is 0 Å². The Morgan fingerprint density at radius 3 is 1.25 bits per heavy atom. The van der Waals surface area contributed by atoms with E-state index in [0.29, 0.717) is 23.9 Å². The van der Waals surface area contributed by atoms with Crippen molar-refractivity contribution in [2.45, 2.75) is 251 Å². The number of allylic oxidation sites excluding steroid dienone is 10.